The number of nitrogens with one attached hydrogen (secondary N) is 1. The number of nitrogens with zero attached hydrogens (tertiary/aromatic N) is 1. The first-order valence-electron chi connectivity index (χ1n) is 8.73. The molecule has 0 atom stereocenters. The lowest BCUT2D eigenvalue weighted by molar-refractivity contribution is -0.134. The third-order valence-electron chi connectivity index (χ3n) is 4.14. The number of hydrogen-bond acceptors (Lipinski definition) is 4. The second-order valence-corrected chi connectivity index (χ2v) is 7.21. The van der Waals surface area contributed by atoms with Crippen LogP contribution in [0.4, 0.5) is 10.1 Å². The largest absolute Gasteiger partial charge is 0.378 e. The van der Waals surface area contributed by atoms with Crippen molar-refractivity contribution in [2.45, 2.75) is 11.3 Å². The van der Waals surface area contributed by atoms with Gasteiger partial charge in [-0.25, -0.2) is 4.39 Å². The van der Waals surface area contributed by atoms with Crippen LogP contribution in [0, 0.1) is 5.82 Å². The zero-order valence-electron chi connectivity index (χ0n) is 14.8. The van der Waals surface area contributed by atoms with Crippen LogP contribution in [-0.2, 0) is 20.7 Å². The van der Waals surface area contributed by atoms with Crippen molar-refractivity contribution >= 4 is 29.3 Å². The minimum atomic E-state index is -0.295. The third kappa shape index (κ3) is 6.08. The summed E-state index contributed by atoms with van der Waals surface area (Å²) in [6.45, 7) is 2.46. The SMILES string of the molecule is O=C(CSc1ccc(F)cc1)Nc1ccc(CC(=O)N2CCOCC2)cc1. The minimum Gasteiger partial charge on any atom is -0.378 e. The predicted octanol–water partition coefficient (Wildman–Crippen LogP) is 2.96. The molecule has 0 aliphatic carbocycles. The second-order valence-electron chi connectivity index (χ2n) is 6.16. The van der Waals surface area contributed by atoms with Crippen LogP contribution < -0.4 is 5.32 Å². The van der Waals surface area contributed by atoms with E-state index in [1.54, 1.807) is 24.3 Å². The van der Waals surface area contributed by atoms with Crippen LogP contribution in [0.2, 0.25) is 0 Å². The summed E-state index contributed by atoms with van der Waals surface area (Å²) in [5.74, 6) is -0.105. The molecule has 0 radical (unpaired) electrons. The third-order valence-corrected chi connectivity index (χ3v) is 5.15. The maximum Gasteiger partial charge on any atom is 0.234 e. The number of ether oxygens (including phenoxy) is 1. The van der Waals surface area contributed by atoms with Gasteiger partial charge in [0.1, 0.15) is 5.82 Å². The monoisotopic (exact) mass is 388 g/mol. The van der Waals surface area contributed by atoms with E-state index in [-0.39, 0.29) is 23.4 Å². The summed E-state index contributed by atoms with van der Waals surface area (Å²) in [7, 11) is 0. The highest BCUT2D eigenvalue weighted by Crippen LogP contribution is 2.19. The molecule has 0 unspecified atom stereocenters. The lowest BCUT2D eigenvalue weighted by Crippen LogP contribution is -2.41. The minimum absolute atomic E-state index is 0.0887. The fraction of sp³-hybridized carbons (Fsp3) is 0.300. The Morgan fingerprint density at radius 1 is 1.04 bits per heavy atom. The van der Waals surface area contributed by atoms with E-state index in [1.807, 2.05) is 17.0 Å². The molecular weight excluding hydrogens is 367 g/mol. The number of hydrogen-bond donors (Lipinski definition) is 1. The van der Waals surface area contributed by atoms with E-state index in [0.29, 0.717) is 38.4 Å². The van der Waals surface area contributed by atoms with Gasteiger partial charge in [0.15, 0.2) is 0 Å². The number of carbonyl (C=O) groups is 2. The molecule has 27 heavy (non-hydrogen) atoms. The van der Waals surface area contributed by atoms with E-state index < -0.39 is 0 Å². The summed E-state index contributed by atoms with van der Waals surface area (Å²) in [4.78, 5) is 26.9. The molecule has 1 saturated heterocycles. The average molecular weight is 388 g/mol. The van der Waals surface area contributed by atoms with Crippen LogP contribution >= 0.6 is 11.8 Å². The number of morpholine rings is 1. The molecule has 1 aliphatic rings. The van der Waals surface area contributed by atoms with Crippen molar-refractivity contribution in [2.24, 2.45) is 0 Å². The summed E-state index contributed by atoms with van der Waals surface area (Å²) in [5.41, 5.74) is 1.59. The van der Waals surface area contributed by atoms with Crippen LogP contribution in [0.3, 0.4) is 0 Å². The number of halogens is 1. The molecule has 0 spiro atoms. The van der Waals surface area contributed by atoms with Crippen LogP contribution in [0.15, 0.2) is 53.4 Å². The van der Waals surface area contributed by atoms with Gasteiger partial charge >= 0.3 is 0 Å². The Hall–Kier alpha value is -2.38. The molecule has 5 nitrogen and oxygen atoms in total. The van der Waals surface area contributed by atoms with Crippen molar-refractivity contribution in [3.05, 3.63) is 59.9 Å². The molecule has 3 rings (SSSR count). The van der Waals surface area contributed by atoms with Crippen LogP contribution in [-0.4, -0.2) is 48.8 Å². The smallest absolute Gasteiger partial charge is 0.234 e. The summed E-state index contributed by atoms with van der Waals surface area (Å²) in [6.07, 6.45) is 0.342. The Morgan fingerprint density at radius 2 is 1.70 bits per heavy atom. The van der Waals surface area contributed by atoms with Crippen molar-refractivity contribution in [1.29, 1.82) is 0 Å². The molecular formula is C20H21FN2O3S. The second kappa shape index (κ2) is 9.53. The molecule has 1 fully saturated rings. The van der Waals surface area contributed by atoms with Crippen molar-refractivity contribution < 1.29 is 18.7 Å². The molecule has 2 aromatic rings. The van der Waals surface area contributed by atoms with Crippen molar-refractivity contribution in [1.82, 2.24) is 4.90 Å². The summed E-state index contributed by atoms with van der Waals surface area (Å²) < 4.78 is 18.1. The summed E-state index contributed by atoms with van der Waals surface area (Å²) in [6, 6.07) is 13.3. The fourth-order valence-electron chi connectivity index (χ4n) is 2.68. The Labute approximate surface area is 161 Å². The topological polar surface area (TPSA) is 58.6 Å². The molecule has 0 aromatic heterocycles. The van der Waals surface area contributed by atoms with E-state index in [4.69, 9.17) is 4.74 Å². The van der Waals surface area contributed by atoms with E-state index in [9.17, 15) is 14.0 Å². The highest BCUT2D eigenvalue weighted by molar-refractivity contribution is 8.00. The number of thioether (sulfide) groups is 1. The van der Waals surface area contributed by atoms with E-state index >= 15 is 0 Å². The lowest BCUT2D eigenvalue weighted by atomic mass is 10.1. The van der Waals surface area contributed by atoms with Gasteiger partial charge in [-0.2, -0.15) is 0 Å². The highest BCUT2D eigenvalue weighted by atomic mass is 32.2. The van der Waals surface area contributed by atoms with Gasteiger partial charge in [0, 0.05) is 23.7 Å². The molecule has 0 bridgehead atoms. The number of amides is 2. The molecule has 1 heterocycles. The Morgan fingerprint density at radius 3 is 2.37 bits per heavy atom. The van der Waals surface area contributed by atoms with Crippen molar-refractivity contribution in [2.75, 3.05) is 37.4 Å². The first-order chi connectivity index (χ1) is 13.1. The molecule has 2 amide bonds. The van der Waals surface area contributed by atoms with Gasteiger partial charge < -0.3 is 15.0 Å². The van der Waals surface area contributed by atoms with E-state index in [1.165, 1.54) is 23.9 Å². The number of carbonyl (C=O) groups excluding carboxylic acids is 2. The van der Waals surface area contributed by atoms with Crippen LogP contribution in [0.25, 0.3) is 0 Å². The van der Waals surface area contributed by atoms with Gasteiger partial charge in [-0.3, -0.25) is 9.59 Å². The molecule has 1 aliphatic heterocycles. The van der Waals surface area contributed by atoms with Gasteiger partial charge in [-0.05, 0) is 42.0 Å². The number of benzene rings is 2. The van der Waals surface area contributed by atoms with Crippen molar-refractivity contribution in [3.63, 3.8) is 0 Å². The number of rotatable bonds is 6. The molecule has 142 valence electrons. The fourth-order valence-corrected chi connectivity index (χ4v) is 3.38. The van der Waals surface area contributed by atoms with Gasteiger partial charge in [-0.1, -0.05) is 12.1 Å². The molecule has 7 heteroatoms. The van der Waals surface area contributed by atoms with E-state index in [2.05, 4.69) is 5.32 Å². The van der Waals surface area contributed by atoms with Gasteiger partial charge in [-0.15, -0.1) is 11.8 Å². The quantitative estimate of drug-likeness (QED) is 0.773. The standard InChI is InChI=1S/C20H21FN2O3S/c21-16-3-7-18(8-4-16)27-14-19(24)22-17-5-1-15(2-6-17)13-20(25)23-9-11-26-12-10-23/h1-8H,9-14H2,(H,22,24). The maximum absolute atomic E-state index is 12.9. The first-order valence-corrected chi connectivity index (χ1v) is 9.71. The predicted molar refractivity (Wildman–Crippen MR) is 103 cm³/mol. The average Bonchev–Trinajstić information content (AvgIpc) is 2.70. The maximum atomic E-state index is 12.9. The molecule has 2 aromatic carbocycles. The van der Waals surface area contributed by atoms with Gasteiger partial charge in [0.05, 0.1) is 25.4 Å². The Balaban J connectivity index is 1.45. The zero-order valence-corrected chi connectivity index (χ0v) is 15.6. The zero-order chi connectivity index (χ0) is 19.1. The lowest BCUT2D eigenvalue weighted by Gasteiger charge is -2.26. The van der Waals surface area contributed by atoms with Crippen LogP contribution in [0.5, 0.6) is 0 Å². The van der Waals surface area contributed by atoms with Crippen LogP contribution in [0.1, 0.15) is 5.56 Å². The first kappa shape index (κ1) is 19.4. The Bertz CT molecular complexity index is 775. The molecule has 1 N–H and O–H groups in total. The summed E-state index contributed by atoms with van der Waals surface area (Å²) in [5, 5.41) is 2.82. The van der Waals surface area contributed by atoms with E-state index in [0.717, 1.165) is 10.5 Å². The number of anilines is 1. The van der Waals surface area contributed by atoms with Gasteiger partial charge in [0.2, 0.25) is 11.8 Å². The molecule has 0 saturated carbocycles. The highest BCUT2D eigenvalue weighted by Gasteiger charge is 2.16. The van der Waals surface area contributed by atoms with Gasteiger partial charge in [0.25, 0.3) is 0 Å². The Kier molecular flexibility index (Phi) is 6.84. The van der Waals surface area contributed by atoms with Crippen molar-refractivity contribution in [3.8, 4) is 0 Å². The normalized spacial score (nSPS) is 14.0. The summed E-state index contributed by atoms with van der Waals surface area (Å²) >= 11 is 1.34.